The molecule has 2 aromatic rings. The minimum atomic E-state index is -0.925. The number of carbonyl (C=O) groups is 2. The number of nitrogens with one attached hydrogen (secondary N) is 1. The number of anilines is 1. The number of primary amides is 1. The lowest BCUT2D eigenvalue weighted by atomic mass is 10.1. The first-order valence-corrected chi connectivity index (χ1v) is 6.77. The van der Waals surface area contributed by atoms with E-state index in [0.717, 1.165) is 12.1 Å². The number of pyridine rings is 1. The predicted molar refractivity (Wildman–Crippen MR) is 79.8 cm³/mol. The van der Waals surface area contributed by atoms with Crippen molar-refractivity contribution in [1.82, 2.24) is 4.98 Å². The molecule has 2 amide bonds. The third kappa shape index (κ3) is 3.56. The van der Waals surface area contributed by atoms with Crippen molar-refractivity contribution >= 4 is 45.0 Å². The number of rotatable bonds is 3. The second-order valence-electron chi connectivity index (χ2n) is 4.00. The van der Waals surface area contributed by atoms with E-state index in [1.54, 1.807) is 0 Å². The highest BCUT2D eigenvalue weighted by Gasteiger charge is 2.14. The Hall–Kier alpha value is -1.99. The zero-order valence-corrected chi connectivity index (χ0v) is 12.7. The molecule has 5 nitrogen and oxygen atoms in total. The topological polar surface area (TPSA) is 85.1 Å². The fourth-order valence-electron chi connectivity index (χ4n) is 1.57. The Kier molecular flexibility index (Phi) is 4.54. The molecular formula is C13H8BrClFN3O2. The summed E-state index contributed by atoms with van der Waals surface area (Å²) in [5.74, 6) is -2.23. The smallest absolute Gasteiger partial charge is 0.258 e. The Labute approximate surface area is 132 Å². The number of amides is 2. The van der Waals surface area contributed by atoms with Crippen molar-refractivity contribution in [3.8, 4) is 0 Å². The minimum absolute atomic E-state index is 0.0212. The molecule has 0 fully saturated rings. The number of halogens is 3. The van der Waals surface area contributed by atoms with Gasteiger partial charge in [0.2, 0.25) is 0 Å². The van der Waals surface area contributed by atoms with Crippen LogP contribution >= 0.6 is 27.5 Å². The van der Waals surface area contributed by atoms with Gasteiger partial charge in [-0.15, -0.1) is 0 Å². The average molecular weight is 373 g/mol. The maximum atomic E-state index is 13.3. The molecule has 1 aromatic heterocycles. The molecule has 0 saturated carbocycles. The molecule has 0 aliphatic heterocycles. The molecule has 0 aliphatic rings. The molecular weight excluding hydrogens is 365 g/mol. The van der Waals surface area contributed by atoms with Crippen molar-refractivity contribution < 1.29 is 14.0 Å². The molecule has 0 spiro atoms. The normalized spacial score (nSPS) is 10.2. The van der Waals surface area contributed by atoms with Crippen LogP contribution in [0.15, 0.2) is 34.9 Å². The summed E-state index contributed by atoms with van der Waals surface area (Å²) in [6.45, 7) is 0. The highest BCUT2D eigenvalue weighted by atomic mass is 79.9. The lowest BCUT2D eigenvalue weighted by molar-refractivity contribution is 0.0992. The SMILES string of the molecule is NC(=O)c1cc(NC(=O)c2cc(Br)cnc2Cl)ccc1F. The van der Waals surface area contributed by atoms with Crippen molar-refractivity contribution in [3.05, 3.63) is 57.0 Å². The van der Waals surface area contributed by atoms with Crippen LogP contribution in [0.3, 0.4) is 0 Å². The van der Waals surface area contributed by atoms with E-state index in [2.05, 4.69) is 26.2 Å². The number of carbonyl (C=O) groups excluding carboxylic acids is 2. The van der Waals surface area contributed by atoms with Crippen LogP contribution in [0.1, 0.15) is 20.7 Å². The van der Waals surface area contributed by atoms with Crippen molar-refractivity contribution in [3.63, 3.8) is 0 Å². The van der Waals surface area contributed by atoms with E-state index in [9.17, 15) is 14.0 Å². The van der Waals surface area contributed by atoms with Gasteiger partial charge in [-0.25, -0.2) is 9.37 Å². The molecule has 0 bridgehead atoms. The third-order valence-corrected chi connectivity index (χ3v) is 3.27. The molecule has 1 aromatic carbocycles. The van der Waals surface area contributed by atoms with Crippen LogP contribution < -0.4 is 11.1 Å². The van der Waals surface area contributed by atoms with E-state index in [1.807, 2.05) is 0 Å². The van der Waals surface area contributed by atoms with Crippen LogP contribution in [0, 0.1) is 5.82 Å². The maximum Gasteiger partial charge on any atom is 0.258 e. The van der Waals surface area contributed by atoms with Crippen LogP contribution in [0.25, 0.3) is 0 Å². The molecule has 0 saturated heterocycles. The zero-order chi connectivity index (χ0) is 15.6. The summed E-state index contributed by atoms with van der Waals surface area (Å²) in [6, 6.07) is 4.98. The lowest BCUT2D eigenvalue weighted by Gasteiger charge is -2.08. The van der Waals surface area contributed by atoms with E-state index in [-0.39, 0.29) is 22.0 Å². The number of nitrogens with two attached hydrogens (primary N) is 1. The monoisotopic (exact) mass is 371 g/mol. The van der Waals surface area contributed by atoms with Crippen molar-refractivity contribution in [2.24, 2.45) is 5.73 Å². The third-order valence-electron chi connectivity index (χ3n) is 2.54. The summed E-state index contributed by atoms with van der Waals surface area (Å²) in [6.07, 6.45) is 1.45. The molecule has 0 radical (unpaired) electrons. The first kappa shape index (κ1) is 15.4. The molecule has 0 aliphatic carbocycles. The zero-order valence-electron chi connectivity index (χ0n) is 10.4. The lowest BCUT2D eigenvalue weighted by Crippen LogP contribution is -2.16. The van der Waals surface area contributed by atoms with Gasteiger partial charge in [0.05, 0.1) is 11.1 Å². The number of benzene rings is 1. The quantitative estimate of drug-likeness (QED) is 0.812. The van der Waals surface area contributed by atoms with E-state index in [1.165, 1.54) is 18.3 Å². The van der Waals surface area contributed by atoms with Gasteiger partial charge >= 0.3 is 0 Å². The van der Waals surface area contributed by atoms with E-state index in [4.69, 9.17) is 17.3 Å². The Bertz CT molecular complexity index is 739. The Morgan fingerprint density at radius 1 is 1.29 bits per heavy atom. The molecule has 21 heavy (non-hydrogen) atoms. The second kappa shape index (κ2) is 6.19. The van der Waals surface area contributed by atoms with Gasteiger partial charge in [0.15, 0.2) is 0 Å². The second-order valence-corrected chi connectivity index (χ2v) is 5.28. The molecule has 108 valence electrons. The van der Waals surface area contributed by atoms with Gasteiger partial charge < -0.3 is 11.1 Å². The van der Waals surface area contributed by atoms with Crippen LogP contribution in [0.5, 0.6) is 0 Å². The summed E-state index contributed by atoms with van der Waals surface area (Å²) >= 11 is 9.02. The first-order chi connectivity index (χ1) is 9.88. The first-order valence-electron chi connectivity index (χ1n) is 5.60. The van der Waals surface area contributed by atoms with Gasteiger partial charge in [0.25, 0.3) is 11.8 Å². The number of aromatic nitrogens is 1. The summed E-state index contributed by atoms with van der Waals surface area (Å²) in [7, 11) is 0. The fourth-order valence-corrected chi connectivity index (χ4v) is 2.09. The van der Waals surface area contributed by atoms with E-state index >= 15 is 0 Å². The Morgan fingerprint density at radius 3 is 2.67 bits per heavy atom. The summed E-state index contributed by atoms with van der Waals surface area (Å²) in [5, 5.41) is 2.51. The van der Waals surface area contributed by atoms with Gasteiger partial charge in [0, 0.05) is 16.4 Å². The predicted octanol–water partition coefficient (Wildman–Crippen LogP) is 2.99. The van der Waals surface area contributed by atoms with Crippen LogP contribution in [0.4, 0.5) is 10.1 Å². The number of hydrogen-bond acceptors (Lipinski definition) is 3. The number of nitrogens with zero attached hydrogens (tertiary/aromatic N) is 1. The van der Waals surface area contributed by atoms with Crippen molar-refractivity contribution in [2.75, 3.05) is 5.32 Å². The van der Waals surface area contributed by atoms with Crippen molar-refractivity contribution in [1.29, 1.82) is 0 Å². The summed E-state index contributed by atoms with van der Waals surface area (Å²) in [4.78, 5) is 27.0. The van der Waals surface area contributed by atoms with Gasteiger partial charge in [-0.1, -0.05) is 11.6 Å². The summed E-state index contributed by atoms with van der Waals surface area (Å²) in [5.41, 5.74) is 5.08. The minimum Gasteiger partial charge on any atom is -0.366 e. The average Bonchev–Trinajstić information content (AvgIpc) is 2.43. The van der Waals surface area contributed by atoms with Gasteiger partial charge in [-0.2, -0.15) is 0 Å². The van der Waals surface area contributed by atoms with Crippen molar-refractivity contribution in [2.45, 2.75) is 0 Å². The molecule has 3 N–H and O–H groups in total. The fraction of sp³-hybridized carbons (Fsp3) is 0. The Balaban J connectivity index is 2.29. The Morgan fingerprint density at radius 2 is 2.00 bits per heavy atom. The highest BCUT2D eigenvalue weighted by Crippen LogP contribution is 2.20. The van der Waals surface area contributed by atoms with Crippen LogP contribution in [-0.4, -0.2) is 16.8 Å². The largest absolute Gasteiger partial charge is 0.366 e. The maximum absolute atomic E-state index is 13.3. The van der Waals surface area contributed by atoms with Gasteiger partial charge in [0.1, 0.15) is 11.0 Å². The van der Waals surface area contributed by atoms with Crippen LogP contribution in [-0.2, 0) is 0 Å². The standard InChI is InChI=1S/C13H8BrClFN3O2/c14-6-3-9(11(15)18-5-6)13(21)19-7-1-2-10(16)8(4-7)12(17)20/h1-5H,(H2,17,20)(H,19,21). The molecule has 0 unspecified atom stereocenters. The highest BCUT2D eigenvalue weighted by molar-refractivity contribution is 9.10. The molecule has 2 rings (SSSR count). The molecule has 0 atom stereocenters. The molecule has 1 heterocycles. The van der Waals surface area contributed by atoms with Gasteiger partial charge in [-0.3, -0.25) is 9.59 Å². The van der Waals surface area contributed by atoms with E-state index in [0.29, 0.717) is 4.47 Å². The summed E-state index contributed by atoms with van der Waals surface area (Å²) < 4.78 is 13.9. The van der Waals surface area contributed by atoms with Gasteiger partial charge in [-0.05, 0) is 40.2 Å². The van der Waals surface area contributed by atoms with Crippen LogP contribution in [0.2, 0.25) is 5.15 Å². The number of hydrogen-bond donors (Lipinski definition) is 2. The van der Waals surface area contributed by atoms with E-state index < -0.39 is 17.6 Å². The molecule has 8 heteroatoms.